The molecule has 1 aliphatic heterocycles. The highest BCUT2D eigenvalue weighted by molar-refractivity contribution is 9.10. The number of hydrogen-bond donors (Lipinski definition) is 0. The second kappa shape index (κ2) is 11.8. The van der Waals surface area contributed by atoms with Gasteiger partial charge in [0.05, 0.1) is 51.1 Å². The molecule has 10 nitrogen and oxygen atoms in total. The molecule has 0 aromatic heterocycles. The Bertz CT molecular complexity index is 1650. The van der Waals surface area contributed by atoms with Crippen molar-refractivity contribution >= 4 is 45.0 Å². The molecule has 1 amide bonds. The van der Waals surface area contributed by atoms with Crippen LogP contribution in [-0.4, -0.2) is 66.7 Å². The average Bonchev–Trinajstić information content (AvgIpc) is 2.98. The van der Waals surface area contributed by atoms with E-state index >= 15 is 0 Å². The van der Waals surface area contributed by atoms with E-state index in [-0.39, 0.29) is 33.1 Å². The third-order valence-electron chi connectivity index (χ3n) is 6.48. The highest BCUT2D eigenvalue weighted by atomic mass is 79.9. The smallest absolute Gasteiger partial charge is 0.337 e. The Morgan fingerprint density at radius 2 is 1.57 bits per heavy atom. The van der Waals surface area contributed by atoms with Gasteiger partial charge in [-0.25, -0.2) is 9.59 Å². The van der Waals surface area contributed by atoms with Crippen LogP contribution in [0, 0.1) is 0 Å². The quantitative estimate of drug-likeness (QED) is 0.355. The van der Waals surface area contributed by atoms with Crippen LogP contribution in [0.4, 0.5) is 5.69 Å². The Balaban J connectivity index is 2.19. The lowest BCUT2D eigenvalue weighted by Gasteiger charge is -2.36. The summed E-state index contributed by atoms with van der Waals surface area (Å²) in [6.45, 7) is 0. The minimum Gasteiger partial charge on any atom is -0.493 e. The van der Waals surface area contributed by atoms with Crippen LogP contribution in [0.25, 0.3) is 5.57 Å². The van der Waals surface area contributed by atoms with Crippen molar-refractivity contribution in [2.75, 3.05) is 47.6 Å². The lowest BCUT2D eigenvalue weighted by molar-refractivity contribution is 0.0600. The van der Waals surface area contributed by atoms with Crippen LogP contribution in [0.5, 0.6) is 23.0 Å². The summed E-state index contributed by atoms with van der Waals surface area (Å²) in [7, 11) is 8.50. The molecule has 1 atom stereocenters. The van der Waals surface area contributed by atoms with E-state index in [0.29, 0.717) is 32.8 Å². The van der Waals surface area contributed by atoms with E-state index in [4.69, 9.17) is 28.4 Å². The first-order valence-electron chi connectivity index (χ1n) is 11.8. The number of fused-ring (bicyclic) bond motifs is 1. The van der Waals surface area contributed by atoms with E-state index < -0.39 is 18.1 Å². The Hall–Kier alpha value is -4.31. The van der Waals surface area contributed by atoms with Gasteiger partial charge in [0.15, 0.2) is 29.2 Å². The van der Waals surface area contributed by atoms with Gasteiger partial charge in [0.1, 0.15) is 11.2 Å². The fraction of sp³-hybridized carbons (Fsp3) is 0.241. The Morgan fingerprint density at radius 1 is 0.900 bits per heavy atom. The molecule has 4 rings (SSSR count). The molecule has 0 radical (unpaired) electrons. The molecule has 3 aromatic rings. The monoisotopic (exact) mass is 611 g/mol. The molecule has 0 N–H and O–H groups in total. The largest absolute Gasteiger partial charge is 0.493 e. The normalized spacial score (nSPS) is 14.3. The predicted molar refractivity (Wildman–Crippen MR) is 149 cm³/mol. The topological polar surface area (TPSA) is 110 Å². The van der Waals surface area contributed by atoms with E-state index in [2.05, 4.69) is 15.9 Å². The van der Waals surface area contributed by atoms with Gasteiger partial charge in [-0.15, -0.1) is 0 Å². The number of halogens is 1. The van der Waals surface area contributed by atoms with Crippen LogP contribution >= 0.6 is 15.9 Å². The zero-order valence-electron chi connectivity index (χ0n) is 22.6. The van der Waals surface area contributed by atoms with Crippen LogP contribution in [0.1, 0.15) is 26.3 Å². The van der Waals surface area contributed by atoms with E-state index in [1.165, 1.54) is 59.7 Å². The van der Waals surface area contributed by atoms with Crippen molar-refractivity contribution in [3.8, 4) is 23.0 Å². The number of carbonyl (C=O) groups is 2. The fourth-order valence-corrected chi connectivity index (χ4v) is 5.37. The summed E-state index contributed by atoms with van der Waals surface area (Å²) < 4.78 is 33.4. The first kappa shape index (κ1) is 28.7. The van der Waals surface area contributed by atoms with Crippen molar-refractivity contribution in [1.82, 2.24) is 0 Å². The average molecular weight is 612 g/mol. The second-order valence-electron chi connectivity index (χ2n) is 8.42. The van der Waals surface area contributed by atoms with Gasteiger partial charge in [0.25, 0.3) is 5.91 Å². The molecule has 11 heteroatoms. The third-order valence-corrected chi connectivity index (χ3v) is 7.07. The maximum Gasteiger partial charge on any atom is 0.337 e. The van der Waals surface area contributed by atoms with Gasteiger partial charge < -0.3 is 28.4 Å². The zero-order valence-corrected chi connectivity index (χ0v) is 24.2. The van der Waals surface area contributed by atoms with Gasteiger partial charge in [-0.2, -0.15) is 0 Å². The first-order chi connectivity index (χ1) is 19.3. The van der Waals surface area contributed by atoms with Gasteiger partial charge in [0, 0.05) is 23.6 Å². The maximum absolute atomic E-state index is 14.2. The summed E-state index contributed by atoms with van der Waals surface area (Å²) in [5.74, 6) is 1.97. The number of esters is 1. The number of benzene rings is 3. The molecule has 0 saturated carbocycles. The van der Waals surface area contributed by atoms with Crippen LogP contribution < -0.4 is 34.3 Å². The number of nitrogens with zero attached hydrogens (tertiary/aromatic N) is 1. The minimum atomic E-state index is -1.07. The summed E-state index contributed by atoms with van der Waals surface area (Å²) in [6, 6.07) is 11.4. The summed E-state index contributed by atoms with van der Waals surface area (Å²) in [5.41, 5.74) is 1.70. The molecular weight excluding hydrogens is 586 g/mol. The van der Waals surface area contributed by atoms with Gasteiger partial charge in [-0.05, 0) is 57.9 Å². The number of hydrogen-bond acceptors (Lipinski definition) is 9. The van der Waals surface area contributed by atoms with E-state index in [1.54, 1.807) is 30.3 Å². The van der Waals surface area contributed by atoms with Crippen LogP contribution in [-0.2, 0) is 14.3 Å². The number of methoxy groups -OCH3 is 6. The Labute approximate surface area is 238 Å². The van der Waals surface area contributed by atoms with Crippen molar-refractivity contribution in [1.29, 1.82) is 0 Å². The highest BCUT2D eigenvalue weighted by Crippen LogP contribution is 2.40. The van der Waals surface area contributed by atoms with E-state index in [0.717, 1.165) is 0 Å². The van der Waals surface area contributed by atoms with E-state index in [1.807, 2.05) is 5.94 Å². The summed E-state index contributed by atoms with van der Waals surface area (Å²) >= 11 is 3.53. The molecule has 1 heterocycles. The number of carbonyl (C=O) groups excluding carboxylic acids is 3. The molecular formula is C29H26BrNO9. The number of anilines is 1. The van der Waals surface area contributed by atoms with Crippen LogP contribution in [0.3, 0.4) is 0 Å². The molecule has 1 aliphatic rings. The third kappa shape index (κ3) is 4.68. The van der Waals surface area contributed by atoms with Gasteiger partial charge >= 0.3 is 5.97 Å². The molecule has 208 valence electrons. The fourth-order valence-electron chi connectivity index (χ4n) is 4.77. The van der Waals surface area contributed by atoms with Crippen LogP contribution in [0.2, 0.25) is 0 Å². The summed E-state index contributed by atoms with van der Waals surface area (Å²) in [5, 5.41) is 0.236. The predicted octanol–water partition coefficient (Wildman–Crippen LogP) is 2.61. The summed E-state index contributed by atoms with van der Waals surface area (Å²) in [4.78, 5) is 40.3. The maximum atomic E-state index is 14.2. The number of rotatable bonds is 8. The van der Waals surface area contributed by atoms with Gasteiger partial charge in [0.2, 0.25) is 0 Å². The molecule has 0 bridgehead atoms. The standard InChI is InChI=1S/C29H26BrNO9/c1-35-21-12-16(11-20(30)26(21)38-4)23-24-18(13-22(36-2)25(37-3)19(24)14-32)27(33)31(28(23)39-5)17-9-7-8-15(10-17)29(34)40-6/h7-13,28H,1-6H3. The lowest BCUT2D eigenvalue weighted by Crippen LogP contribution is -2.54. The SMILES string of the molecule is COC(=O)c1cccc(N2C(=O)c3cc(OC)c(OC)c(=C=O)c3=C(c3cc(Br)c(OC)c(OC)c3)C2OC)c1. The molecule has 0 aliphatic carbocycles. The first-order valence-corrected chi connectivity index (χ1v) is 12.6. The zero-order chi connectivity index (χ0) is 29.1. The number of ether oxygens (including phenoxy) is 6. The van der Waals surface area contributed by atoms with Crippen molar-refractivity contribution < 1.29 is 42.8 Å². The minimum absolute atomic E-state index is 0.0175. The van der Waals surface area contributed by atoms with Gasteiger partial charge in [-0.1, -0.05) is 6.07 Å². The number of amides is 1. The molecule has 40 heavy (non-hydrogen) atoms. The molecule has 0 fully saturated rings. The van der Waals surface area contributed by atoms with E-state index in [9.17, 15) is 14.4 Å². The molecule has 1 unspecified atom stereocenters. The second-order valence-corrected chi connectivity index (χ2v) is 9.28. The Kier molecular flexibility index (Phi) is 8.49. The lowest BCUT2D eigenvalue weighted by atomic mass is 9.91. The van der Waals surface area contributed by atoms with Crippen molar-refractivity contribution in [2.45, 2.75) is 6.23 Å². The van der Waals surface area contributed by atoms with Gasteiger partial charge in [-0.3, -0.25) is 9.69 Å². The Morgan fingerprint density at radius 3 is 2.15 bits per heavy atom. The van der Waals surface area contributed by atoms with Crippen molar-refractivity contribution in [2.24, 2.45) is 0 Å². The molecule has 0 saturated heterocycles. The molecule has 0 spiro atoms. The highest BCUT2D eigenvalue weighted by Gasteiger charge is 2.38. The molecule has 3 aromatic carbocycles. The van der Waals surface area contributed by atoms with Crippen molar-refractivity contribution in [3.63, 3.8) is 0 Å². The van der Waals surface area contributed by atoms with Crippen molar-refractivity contribution in [3.05, 3.63) is 74.1 Å². The van der Waals surface area contributed by atoms with Crippen LogP contribution in [0.15, 0.2) is 46.9 Å². The summed E-state index contributed by atoms with van der Waals surface area (Å²) in [6.07, 6.45) is -1.07.